The molecule has 0 aliphatic heterocycles. The zero-order valence-electron chi connectivity index (χ0n) is 10.9. The van der Waals surface area contributed by atoms with Gasteiger partial charge in [0.25, 0.3) is 0 Å². The van der Waals surface area contributed by atoms with Crippen LogP contribution in [0, 0.1) is 5.92 Å². The van der Waals surface area contributed by atoms with Gasteiger partial charge in [0.2, 0.25) is 0 Å². The van der Waals surface area contributed by atoms with Gasteiger partial charge in [-0.15, -0.1) is 0 Å². The smallest absolute Gasteiger partial charge is 0.117 e. The van der Waals surface area contributed by atoms with Crippen molar-refractivity contribution in [3.8, 4) is 0 Å². The van der Waals surface area contributed by atoms with Crippen LogP contribution in [-0.2, 0) is 6.54 Å². The fourth-order valence-corrected chi connectivity index (χ4v) is 2.06. The molecule has 16 heavy (non-hydrogen) atoms. The van der Waals surface area contributed by atoms with Crippen LogP contribution in [0.25, 0.3) is 0 Å². The molecular weight excluding hydrogens is 200 g/mol. The third-order valence-corrected chi connectivity index (χ3v) is 3.00. The van der Waals surface area contributed by atoms with Crippen molar-refractivity contribution in [2.45, 2.75) is 33.4 Å². The molecule has 92 valence electrons. The van der Waals surface area contributed by atoms with Crippen molar-refractivity contribution in [3.63, 3.8) is 0 Å². The summed E-state index contributed by atoms with van der Waals surface area (Å²) in [4.78, 5) is 2.46. The third kappa shape index (κ3) is 3.65. The molecule has 1 aromatic rings. The van der Waals surface area contributed by atoms with Crippen LogP contribution in [0.2, 0.25) is 0 Å². The molecule has 3 nitrogen and oxygen atoms in total. The summed E-state index contributed by atoms with van der Waals surface area (Å²) in [6.45, 7) is 9.71. The van der Waals surface area contributed by atoms with E-state index in [1.54, 1.807) is 6.26 Å². The van der Waals surface area contributed by atoms with E-state index in [9.17, 15) is 0 Å². The minimum absolute atomic E-state index is 0.556. The topological polar surface area (TPSA) is 28.4 Å². The molecule has 0 aliphatic rings. The third-order valence-electron chi connectivity index (χ3n) is 3.00. The zero-order valence-corrected chi connectivity index (χ0v) is 10.9. The van der Waals surface area contributed by atoms with Gasteiger partial charge in [-0.2, -0.15) is 0 Å². The van der Waals surface area contributed by atoms with E-state index in [4.69, 9.17) is 4.42 Å². The highest BCUT2D eigenvalue weighted by Crippen LogP contribution is 2.14. The highest BCUT2D eigenvalue weighted by molar-refractivity contribution is 4.98. The van der Waals surface area contributed by atoms with Crippen molar-refractivity contribution < 1.29 is 4.42 Å². The Morgan fingerprint density at radius 2 is 2.19 bits per heavy atom. The number of hydrogen-bond acceptors (Lipinski definition) is 3. The SMILES string of the molecule is CCN(Cc1ccco1)C(CNC)C(C)C. The summed E-state index contributed by atoms with van der Waals surface area (Å²) in [6, 6.07) is 4.55. The molecule has 3 heteroatoms. The second-order valence-electron chi connectivity index (χ2n) is 4.51. The molecule has 0 saturated heterocycles. The van der Waals surface area contributed by atoms with Crippen LogP contribution in [0.15, 0.2) is 22.8 Å². The van der Waals surface area contributed by atoms with Gasteiger partial charge in [0.05, 0.1) is 12.8 Å². The predicted octanol–water partition coefficient (Wildman–Crippen LogP) is 2.35. The van der Waals surface area contributed by atoms with Crippen LogP contribution < -0.4 is 5.32 Å². The zero-order chi connectivity index (χ0) is 12.0. The van der Waals surface area contributed by atoms with Crippen molar-refractivity contribution in [1.29, 1.82) is 0 Å². The molecule has 0 radical (unpaired) electrons. The monoisotopic (exact) mass is 224 g/mol. The molecule has 0 bridgehead atoms. The minimum Gasteiger partial charge on any atom is -0.468 e. The molecule has 1 heterocycles. The number of hydrogen-bond donors (Lipinski definition) is 1. The maximum atomic E-state index is 5.41. The first kappa shape index (κ1) is 13.3. The summed E-state index contributed by atoms with van der Waals surface area (Å²) in [6.07, 6.45) is 1.74. The summed E-state index contributed by atoms with van der Waals surface area (Å²) >= 11 is 0. The van der Waals surface area contributed by atoms with Gasteiger partial charge in [-0.05, 0) is 31.6 Å². The van der Waals surface area contributed by atoms with Gasteiger partial charge in [-0.1, -0.05) is 20.8 Å². The Morgan fingerprint density at radius 3 is 2.62 bits per heavy atom. The van der Waals surface area contributed by atoms with E-state index in [0.717, 1.165) is 25.4 Å². The van der Waals surface area contributed by atoms with E-state index in [2.05, 4.69) is 31.0 Å². The summed E-state index contributed by atoms with van der Waals surface area (Å²) < 4.78 is 5.41. The van der Waals surface area contributed by atoms with Gasteiger partial charge in [-0.25, -0.2) is 0 Å². The lowest BCUT2D eigenvalue weighted by atomic mass is 10.0. The average Bonchev–Trinajstić information content (AvgIpc) is 2.75. The summed E-state index contributed by atoms with van der Waals surface area (Å²) in [5, 5.41) is 3.27. The highest BCUT2D eigenvalue weighted by Gasteiger charge is 2.20. The Kier molecular flexibility index (Phi) is 5.56. The number of furan rings is 1. The van der Waals surface area contributed by atoms with Crippen LogP contribution in [0.4, 0.5) is 0 Å². The molecule has 1 aromatic heterocycles. The van der Waals surface area contributed by atoms with E-state index in [1.807, 2.05) is 19.2 Å². The van der Waals surface area contributed by atoms with Crippen LogP contribution in [0.3, 0.4) is 0 Å². The van der Waals surface area contributed by atoms with Crippen molar-refractivity contribution in [2.75, 3.05) is 20.1 Å². The van der Waals surface area contributed by atoms with E-state index in [-0.39, 0.29) is 0 Å². The molecule has 1 atom stereocenters. The minimum atomic E-state index is 0.556. The van der Waals surface area contributed by atoms with E-state index in [1.165, 1.54) is 0 Å². The van der Waals surface area contributed by atoms with Crippen molar-refractivity contribution >= 4 is 0 Å². The largest absolute Gasteiger partial charge is 0.468 e. The summed E-state index contributed by atoms with van der Waals surface area (Å²) in [5.41, 5.74) is 0. The fourth-order valence-electron chi connectivity index (χ4n) is 2.06. The van der Waals surface area contributed by atoms with Crippen LogP contribution in [-0.4, -0.2) is 31.1 Å². The number of nitrogens with zero attached hydrogens (tertiary/aromatic N) is 1. The van der Waals surface area contributed by atoms with Gasteiger partial charge in [0.1, 0.15) is 5.76 Å². The van der Waals surface area contributed by atoms with E-state index < -0.39 is 0 Å². The Bertz CT molecular complexity index is 269. The maximum Gasteiger partial charge on any atom is 0.117 e. The lowest BCUT2D eigenvalue weighted by Gasteiger charge is -2.32. The molecule has 0 aromatic carbocycles. The second kappa shape index (κ2) is 6.71. The number of nitrogens with one attached hydrogen (secondary N) is 1. The Hall–Kier alpha value is -0.800. The first-order valence-electron chi connectivity index (χ1n) is 6.10. The quantitative estimate of drug-likeness (QED) is 0.770. The Labute approximate surface area is 98.8 Å². The van der Waals surface area contributed by atoms with Gasteiger partial charge >= 0.3 is 0 Å². The lowest BCUT2D eigenvalue weighted by Crippen LogP contribution is -2.44. The molecule has 1 rings (SSSR count). The van der Waals surface area contributed by atoms with Crippen LogP contribution in [0.1, 0.15) is 26.5 Å². The number of likely N-dealkylation sites (N-methyl/N-ethyl adjacent to an activating group) is 2. The number of rotatable bonds is 7. The molecule has 1 N–H and O–H groups in total. The maximum absolute atomic E-state index is 5.41. The molecular formula is C13H24N2O. The molecule has 0 aliphatic carbocycles. The fraction of sp³-hybridized carbons (Fsp3) is 0.692. The Balaban J connectivity index is 2.63. The van der Waals surface area contributed by atoms with Gasteiger partial charge < -0.3 is 9.73 Å². The van der Waals surface area contributed by atoms with Crippen LogP contribution in [0.5, 0.6) is 0 Å². The van der Waals surface area contributed by atoms with Crippen molar-refractivity contribution in [3.05, 3.63) is 24.2 Å². The standard InChI is InChI=1S/C13H24N2O/c1-5-15(10-12-7-6-8-16-12)13(9-14-4)11(2)3/h6-8,11,13-14H,5,9-10H2,1-4H3. The second-order valence-corrected chi connectivity index (χ2v) is 4.51. The first-order valence-corrected chi connectivity index (χ1v) is 6.10. The van der Waals surface area contributed by atoms with E-state index >= 15 is 0 Å². The Morgan fingerprint density at radius 1 is 1.44 bits per heavy atom. The van der Waals surface area contributed by atoms with Crippen LogP contribution >= 0.6 is 0 Å². The molecule has 1 unspecified atom stereocenters. The highest BCUT2D eigenvalue weighted by atomic mass is 16.3. The molecule has 0 saturated carbocycles. The normalized spacial score (nSPS) is 13.6. The summed E-state index contributed by atoms with van der Waals surface area (Å²) in [7, 11) is 2.01. The average molecular weight is 224 g/mol. The van der Waals surface area contributed by atoms with Gasteiger partial charge in [0, 0.05) is 12.6 Å². The van der Waals surface area contributed by atoms with Gasteiger partial charge in [-0.3, -0.25) is 4.90 Å². The summed E-state index contributed by atoms with van der Waals surface area (Å²) in [5.74, 6) is 1.69. The molecule has 0 amide bonds. The predicted molar refractivity (Wildman–Crippen MR) is 67.3 cm³/mol. The molecule has 0 spiro atoms. The van der Waals surface area contributed by atoms with Crippen molar-refractivity contribution in [1.82, 2.24) is 10.2 Å². The van der Waals surface area contributed by atoms with Gasteiger partial charge in [0.15, 0.2) is 0 Å². The van der Waals surface area contributed by atoms with E-state index in [0.29, 0.717) is 12.0 Å². The lowest BCUT2D eigenvalue weighted by molar-refractivity contribution is 0.143. The molecule has 0 fully saturated rings. The first-order chi connectivity index (χ1) is 7.69. The van der Waals surface area contributed by atoms with Crippen molar-refractivity contribution in [2.24, 2.45) is 5.92 Å².